The number of halogens is 1. The Morgan fingerprint density at radius 3 is 2.59 bits per heavy atom. The number of hydrogen-bond donors (Lipinski definition) is 1. The molecule has 2 aromatic rings. The van der Waals surface area contributed by atoms with Gasteiger partial charge in [0.1, 0.15) is 0 Å². The molecule has 0 aliphatic heterocycles. The average Bonchev–Trinajstić information content (AvgIpc) is 2.77. The van der Waals surface area contributed by atoms with E-state index in [1.165, 1.54) is 16.9 Å². The van der Waals surface area contributed by atoms with Gasteiger partial charge in [0.05, 0.1) is 6.61 Å². The molecule has 4 nitrogen and oxygen atoms in total. The van der Waals surface area contributed by atoms with Gasteiger partial charge in [-0.15, -0.1) is 10.2 Å². The highest BCUT2D eigenvalue weighted by Crippen LogP contribution is 2.25. The fourth-order valence-corrected chi connectivity index (χ4v) is 2.61. The maximum atomic E-state index is 9.09. The Labute approximate surface area is 112 Å². The largest absolute Gasteiger partial charge is 0.395 e. The Hall–Kier alpha value is -0.980. The molecule has 2 rings (SSSR count). The third-order valence-electron chi connectivity index (χ3n) is 2.25. The van der Waals surface area contributed by atoms with Crippen molar-refractivity contribution in [1.82, 2.24) is 10.2 Å². The quantitative estimate of drug-likeness (QED) is 0.920. The van der Waals surface area contributed by atoms with E-state index >= 15 is 0 Å². The van der Waals surface area contributed by atoms with E-state index in [4.69, 9.17) is 5.11 Å². The highest BCUT2D eigenvalue weighted by molar-refractivity contribution is 9.11. The second-order valence-electron chi connectivity index (χ2n) is 3.47. The predicted octanol–water partition coefficient (Wildman–Crippen LogP) is 2.30. The summed E-state index contributed by atoms with van der Waals surface area (Å²) in [6.45, 7) is 1.38. The van der Waals surface area contributed by atoms with Crippen LogP contribution in [0, 0.1) is 0 Å². The van der Waals surface area contributed by atoms with Gasteiger partial charge >= 0.3 is 0 Å². The lowest BCUT2D eigenvalue weighted by molar-refractivity contribution is 0.301. The van der Waals surface area contributed by atoms with Crippen LogP contribution in [0.25, 0.3) is 0 Å². The molecule has 0 radical (unpaired) electrons. The molecule has 0 saturated heterocycles. The number of benzene rings is 1. The first-order valence-electron chi connectivity index (χ1n) is 5.18. The molecule has 0 amide bonds. The molecule has 0 saturated carbocycles. The number of aliphatic hydroxyl groups is 1. The Balaban J connectivity index is 2.13. The van der Waals surface area contributed by atoms with Crippen molar-refractivity contribution in [1.29, 1.82) is 0 Å². The third kappa shape index (κ3) is 3.49. The summed E-state index contributed by atoms with van der Waals surface area (Å²) in [5.41, 5.74) is 1.19. The van der Waals surface area contributed by atoms with Crippen LogP contribution in [0.1, 0.15) is 5.56 Å². The maximum Gasteiger partial charge on any atom is 0.209 e. The first-order valence-corrected chi connectivity index (χ1v) is 6.79. The Morgan fingerprint density at radius 2 is 2.00 bits per heavy atom. The Bertz CT molecular complexity index is 463. The second kappa shape index (κ2) is 6.09. The van der Waals surface area contributed by atoms with Gasteiger partial charge in [-0.05, 0) is 21.5 Å². The Morgan fingerprint density at radius 1 is 1.24 bits per heavy atom. The number of rotatable bonds is 5. The van der Waals surface area contributed by atoms with Gasteiger partial charge in [-0.1, -0.05) is 41.7 Å². The first kappa shape index (κ1) is 12.5. The van der Waals surface area contributed by atoms with Crippen molar-refractivity contribution in [3.05, 3.63) is 39.8 Å². The summed E-state index contributed by atoms with van der Waals surface area (Å²) in [7, 11) is 0. The summed E-state index contributed by atoms with van der Waals surface area (Å²) in [5.74, 6) is 0. The number of aliphatic hydroxyl groups excluding tert-OH is 1. The van der Waals surface area contributed by atoms with E-state index < -0.39 is 0 Å². The van der Waals surface area contributed by atoms with Crippen molar-refractivity contribution < 1.29 is 5.11 Å². The van der Waals surface area contributed by atoms with Crippen LogP contribution in [0.3, 0.4) is 0 Å². The van der Waals surface area contributed by atoms with Gasteiger partial charge in [-0.25, -0.2) is 0 Å². The van der Waals surface area contributed by atoms with Crippen molar-refractivity contribution >= 4 is 32.4 Å². The lowest BCUT2D eigenvalue weighted by Crippen LogP contribution is -2.25. The lowest BCUT2D eigenvalue weighted by Gasteiger charge is -2.19. The lowest BCUT2D eigenvalue weighted by atomic mass is 10.2. The molecule has 0 fully saturated rings. The molecule has 6 heteroatoms. The van der Waals surface area contributed by atoms with Crippen LogP contribution in [-0.2, 0) is 6.54 Å². The minimum atomic E-state index is 0.101. The van der Waals surface area contributed by atoms with Gasteiger partial charge in [0.15, 0.2) is 3.92 Å². The van der Waals surface area contributed by atoms with Crippen LogP contribution < -0.4 is 4.90 Å². The topological polar surface area (TPSA) is 49.2 Å². The van der Waals surface area contributed by atoms with Gasteiger partial charge in [0.25, 0.3) is 0 Å². The molecule has 0 spiro atoms. The summed E-state index contributed by atoms with van der Waals surface area (Å²) in [6.07, 6.45) is 0. The molecule has 0 unspecified atom stereocenters. The standard InChI is InChI=1S/C11H12BrN3OS/c12-10-13-14-11(17-10)15(6-7-16)8-9-4-2-1-3-5-9/h1-5,16H,6-8H2. The maximum absolute atomic E-state index is 9.09. The highest BCUT2D eigenvalue weighted by atomic mass is 79.9. The van der Waals surface area contributed by atoms with Gasteiger partial charge in [0.2, 0.25) is 5.13 Å². The molecule has 90 valence electrons. The fraction of sp³-hybridized carbons (Fsp3) is 0.273. The van der Waals surface area contributed by atoms with Crippen LogP contribution in [0.2, 0.25) is 0 Å². The van der Waals surface area contributed by atoms with Gasteiger partial charge in [0, 0.05) is 13.1 Å². The van der Waals surface area contributed by atoms with E-state index in [0.29, 0.717) is 6.54 Å². The minimum Gasteiger partial charge on any atom is -0.395 e. The van der Waals surface area contributed by atoms with Crippen molar-refractivity contribution in [2.75, 3.05) is 18.1 Å². The fourth-order valence-electron chi connectivity index (χ4n) is 1.49. The summed E-state index contributed by atoms with van der Waals surface area (Å²) >= 11 is 4.76. The second-order valence-corrected chi connectivity index (χ2v) is 5.70. The van der Waals surface area contributed by atoms with Crippen LogP contribution >= 0.6 is 27.3 Å². The molecule has 1 N–H and O–H groups in total. The normalized spacial score (nSPS) is 10.5. The molecule has 1 aromatic carbocycles. The molecule has 0 aliphatic carbocycles. The van der Waals surface area contributed by atoms with E-state index in [2.05, 4.69) is 38.3 Å². The summed E-state index contributed by atoms with van der Waals surface area (Å²) in [4.78, 5) is 2.01. The van der Waals surface area contributed by atoms with E-state index in [-0.39, 0.29) is 6.61 Å². The summed E-state index contributed by atoms with van der Waals surface area (Å²) in [6, 6.07) is 10.1. The Kier molecular flexibility index (Phi) is 4.47. The van der Waals surface area contributed by atoms with Gasteiger partial charge < -0.3 is 10.0 Å². The summed E-state index contributed by atoms with van der Waals surface area (Å²) < 4.78 is 0.753. The molecular formula is C11H12BrN3OS. The van der Waals surface area contributed by atoms with Crippen LogP contribution in [0.15, 0.2) is 34.2 Å². The van der Waals surface area contributed by atoms with E-state index in [1.807, 2.05) is 23.1 Å². The van der Waals surface area contributed by atoms with E-state index in [1.54, 1.807) is 0 Å². The third-order valence-corrected chi connectivity index (χ3v) is 3.66. The SMILES string of the molecule is OCCN(Cc1ccccc1)c1nnc(Br)s1. The van der Waals surface area contributed by atoms with Crippen molar-refractivity contribution in [2.45, 2.75) is 6.54 Å². The van der Waals surface area contributed by atoms with Crippen molar-refractivity contribution in [3.63, 3.8) is 0 Å². The minimum absolute atomic E-state index is 0.101. The van der Waals surface area contributed by atoms with Crippen LogP contribution in [-0.4, -0.2) is 28.5 Å². The molecule has 1 aromatic heterocycles. The zero-order chi connectivity index (χ0) is 12.1. The van der Waals surface area contributed by atoms with Crippen LogP contribution in [0.4, 0.5) is 5.13 Å². The highest BCUT2D eigenvalue weighted by Gasteiger charge is 2.11. The molecule has 1 heterocycles. The van der Waals surface area contributed by atoms with Crippen molar-refractivity contribution in [3.8, 4) is 0 Å². The monoisotopic (exact) mass is 313 g/mol. The van der Waals surface area contributed by atoms with E-state index in [9.17, 15) is 0 Å². The molecule has 0 aliphatic rings. The number of anilines is 1. The number of aromatic nitrogens is 2. The number of nitrogens with zero attached hydrogens (tertiary/aromatic N) is 3. The molecule has 0 bridgehead atoms. The molecular weight excluding hydrogens is 302 g/mol. The van der Waals surface area contributed by atoms with E-state index in [0.717, 1.165) is 15.6 Å². The number of hydrogen-bond acceptors (Lipinski definition) is 5. The van der Waals surface area contributed by atoms with Crippen molar-refractivity contribution in [2.24, 2.45) is 0 Å². The summed E-state index contributed by atoms with van der Waals surface area (Å²) in [5, 5.41) is 17.9. The molecule has 17 heavy (non-hydrogen) atoms. The van der Waals surface area contributed by atoms with Gasteiger partial charge in [-0.2, -0.15) is 0 Å². The predicted molar refractivity (Wildman–Crippen MR) is 72.2 cm³/mol. The van der Waals surface area contributed by atoms with Gasteiger partial charge in [-0.3, -0.25) is 0 Å². The average molecular weight is 314 g/mol. The molecule has 0 atom stereocenters. The van der Waals surface area contributed by atoms with Crippen LogP contribution in [0.5, 0.6) is 0 Å². The zero-order valence-electron chi connectivity index (χ0n) is 9.08. The zero-order valence-corrected chi connectivity index (χ0v) is 11.5. The first-order chi connectivity index (χ1) is 8.29. The smallest absolute Gasteiger partial charge is 0.209 e.